The smallest absolute Gasteiger partial charge is 0 e. The van der Waals surface area contributed by atoms with Crippen LogP contribution in [0.25, 0.3) is 0 Å². The fourth-order valence-electron chi connectivity index (χ4n) is 0. The van der Waals surface area contributed by atoms with Crippen molar-refractivity contribution in [3.63, 3.8) is 0 Å². The van der Waals surface area contributed by atoms with Gasteiger partial charge < -0.3 is 0 Å². The van der Waals surface area contributed by atoms with E-state index in [9.17, 15) is 0 Å². The normalized spacial score (nSPS) is 0. The van der Waals surface area contributed by atoms with E-state index in [-0.39, 0.29) is 102 Å². The molecule has 0 atom stereocenters. The SMILES string of the molecule is B.[Fe].[La].[Nd]. The summed E-state index contributed by atoms with van der Waals surface area (Å²) < 4.78 is 0. The quantitative estimate of drug-likeness (QED) is 0.481. The summed E-state index contributed by atoms with van der Waals surface area (Å²) in [5.74, 6) is 0. The van der Waals surface area contributed by atoms with Gasteiger partial charge in [-0.3, -0.25) is 0 Å². The van der Waals surface area contributed by atoms with E-state index in [2.05, 4.69) is 0 Å². The maximum absolute atomic E-state index is 0. The standard InChI is InChI=1S/BH3.Fe.La.Nd/h1H3;;;. The zero-order valence-electron chi connectivity index (χ0n) is 1.43. The Morgan fingerprint density at radius 1 is 1.00 bits per heavy atom. The molecule has 0 aliphatic rings. The molecule has 0 nitrogen and oxygen atoms in total. The first-order chi connectivity index (χ1) is 0. The molecule has 4 heteroatoms. The van der Waals surface area contributed by atoms with Crippen LogP contribution in [0.5, 0.6) is 0 Å². The minimum absolute atomic E-state index is 0. The average Bonchev–Trinajstić information content (AvgIpc) is 0. The molecule has 0 aliphatic heterocycles. The molecule has 0 rings (SSSR count). The van der Waals surface area contributed by atoms with E-state index in [1.54, 1.807) is 0 Å². The first-order valence-electron chi connectivity index (χ1n) is 0. The summed E-state index contributed by atoms with van der Waals surface area (Å²) in [7, 11) is 0. The third-order valence-corrected chi connectivity index (χ3v) is 0. The molecule has 0 aromatic heterocycles. The molecule has 0 saturated carbocycles. The third kappa shape index (κ3) is 8.93. The molecule has 0 aliphatic carbocycles. The molecule has 0 bridgehead atoms. The Kier molecular flexibility index (Phi) is 113. The van der Waals surface area contributed by atoms with Crippen LogP contribution < -0.4 is 0 Å². The monoisotopic (exact) mass is 351 g/mol. The summed E-state index contributed by atoms with van der Waals surface area (Å²) in [6.45, 7) is 0. The van der Waals surface area contributed by atoms with Gasteiger partial charge in [0, 0.05) is 93.5 Å². The molecule has 0 N–H and O–H groups in total. The summed E-state index contributed by atoms with van der Waals surface area (Å²) >= 11 is 0. The molecule has 0 aromatic rings. The number of hydrogen-bond acceptors (Lipinski definition) is 0. The van der Waals surface area contributed by atoms with Crippen molar-refractivity contribution in [3.05, 3.63) is 0 Å². The van der Waals surface area contributed by atoms with Crippen LogP contribution in [0.1, 0.15) is 0 Å². The van der Waals surface area contributed by atoms with Crippen molar-refractivity contribution in [3.8, 4) is 0 Å². The molecule has 0 heterocycles. The third-order valence-electron chi connectivity index (χ3n) is 0. The molecule has 0 fully saturated rings. The number of hydrogen-bond donors (Lipinski definition) is 0. The van der Waals surface area contributed by atoms with Gasteiger partial charge in [-0.15, -0.1) is 0 Å². The van der Waals surface area contributed by atoms with Crippen molar-refractivity contribution in [1.29, 1.82) is 0 Å². The topological polar surface area (TPSA) is 0 Å². The van der Waals surface area contributed by atoms with Gasteiger partial charge in [-0.05, 0) is 0 Å². The summed E-state index contributed by atoms with van der Waals surface area (Å²) in [4.78, 5) is 0. The average molecular weight is 353 g/mol. The van der Waals surface area contributed by atoms with Crippen LogP contribution in [-0.4, -0.2) is 8.41 Å². The van der Waals surface area contributed by atoms with Crippen molar-refractivity contribution < 1.29 is 93.5 Å². The second-order valence-electron chi connectivity index (χ2n) is 0. The van der Waals surface area contributed by atoms with E-state index in [1.165, 1.54) is 0 Å². The van der Waals surface area contributed by atoms with E-state index in [0.717, 1.165) is 0 Å². The van der Waals surface area contributed by atoms with E-state index >= 15 is 0 Å². The van der Waals surface area contributed by atoms with E-state index in [1.807, 2.05) is 0 Å². The first kappa shape index (κ1) is 27.3. The predicted octanol–water partition coefficient (Wildman–Crippen LogP) is -1.19. The Balaban J connectivity index is 0. The summed E-state index contributed by atoms with van der Waals surface area (Å²) in [6, 6.07) is 0. The Morgan fingerprint density at radius 3 is 1.00 bits per heavy atom. The van der Waals surface area contributed by atoms with Gasteiger partial charge in [-0.2, -0.15) is 0 Å². The number of rotatable bonds is 0. The van der Waals surface area contributed by atoms with Crippen molar-refractivity contribution in [1.82, 2.24) is 0 Å². The van der Waals surface area contributed by atoms with Gasteiger partial charge in [0.05, 0.1) is 8.41 Å². The Hall–Kier alpha value is 3.13. The maximum Gasteiger partial charge on any atom is 0.0814 e. The minimum Gasteiger partial charge on any atom is 0 e. The van der Waals surface area contributed by atoms with Crippen LogP contribution in [0.3, 0.4) is 0 Å². The fourth-order valence-corrected chi connectivity index (χ4v) is 0. The van der Waals surface area contributed by atoms with Crippen molar-refractivity contribution in [2.75, 3.05) is 0 Å². The van der Waals surface area contributed by atoms with Gasteiger partial charge in [-0.1, -0.05) is 0 Å². The molecule has 0 saturated heterocycles. The molecule has 4 heavy (non-hydrogen) atoms. The molecule has 1 radical (unpaired) electrons. The maximum atomic E-state index is 0. The molecular formula is H3BFeLaNd. The van der Waals surface area contributed by atoms with Crippen molar-refractivity contribution in [2.45, 2.75) is 0 Å². The van der Waals surface area contributed by atoms with Crippen molar-refractivity contribution >= 4 is 8.41 Å². The second kappa shape index (κ2) is 16.5. The summed E-state index contributed by atoms with van der Waals surface area (Å²) in [5.41, 5.74) is 0. The molecule has 0 unspecified atom stereocenters. The van der Waals surface area contributed by atoms with Crippen LogP contribution >= 0.6 is 0 Å². The van der Waals surface area contributed by atoms with Gasteiger partial charge in [0.15, 0.2) is 0 Å². The van der Waals surface area contributed by atoms with Crippen LogP contribution in [0.15, 0.2) is 0 Å². The van der Waals surface area contributed by atoms with Gasteiger partial charge in [0.1, 0.15) is 0 Å². The van der Waals surface area contributed by atoms with Gasteiger partial charge >= 0.3 is 0 Å². The zero-order valence-corrected chi connectivity index (χ0v) is 9.37. The Bertz CT molecular complexity index is 8.00. The van der Waals surface area contributed by atoms with Crippen LogP contribution in [0.4, 0.5) is 0 Å². The van der Waals surface area contributed by atoms with Crippen LogP contribution in [-0.2, 0) is 17.1 Å². The summed E-state index contributed by atoms with van der Waals surface area (Å²) in [5, 5.41) is 0. The van der Waals surface area contributed by atoms with Gasteiger partial charge in [-0.25, -0.2) is 0 Å². The Labute approximate surface area is 99.4 Å². The fraction of sp³-hybridized carbons (Fsp3) is 0. The zero-order chi connectivity index (χ0) is 0. The summed E-state index contributed by atoms with van der Waals surface area (Å²) in [6.07, 6.45) is 0. The minimum atomic E-state index is 0. The molecular weight excluding hydrogens is 350 g/mol. The van der Waals surface area contributed by atoms with Gasteiger partial charge in [0.25, 0.3) is 0 Å². The van der Waals surface area contributed by atoms with Gasteiger partial charge in [0.2, 0.25) is 0 Å². The van der Waals surface area contributed by atoms with Crippen molar-refractivity contribution in [2.24, 2.45) is 0 Å². The van der Waals surface area contributed by atoms with Crippen LogP contribution in [0, 0.1) is 76.4 Å². The molecule has 0 aromatic carbocycles. The largest absolute Gasteiger partial charge is 0.0814 e. The molecule has 0 amide bonds. The Morgan fingerprint density at radius 2 is 1.00 bits per heavy atom. The van der Waals surface area contributed by atoms with E-state index in [0.29, 0.717) is 0 Å². The first-order valence-corrected chi connectivity index (χ1v) is 0. The predicted molar refractivity (Wildman–Crippen MR) is 9.94 cm³/mol. The molecule has 0 spiro atoms. The van der Waals surface area contributed by atoms with Crippen LogP contribution in [0.2, 0.25) is 0 Å². The van der Waals surface area contributed by atoms with E-state index in [4.69, 9.17) is 0 Å². The molecule has 21 valence electrons. The second-order valence-corrected chi connectivity index (χ2v) is 0. The van der Waals surface area contributed by atoms with E-state index < -0.39 is 0 Å².